The predicted octanol–water partition coefficient (Wildman–Crippen LogP) is 3.94. The number of nitrogens with one attached hydrogen (secondary N) is 3. The number of aliphatic imine (C=N–C) groups is 1. The first-order chi connectivity index (χ1) is 22.9. The van der Waals surface area contributed by atoms with Crippen molar-refractivity contribution < 1.29 is 37.0 Å². The van der Waals surface area contributed by atoms with E-state index in [0.717, 1.165) is 0 Å². The summed E-state index contributed by atoms with van der Waals surface area (Å²) in [7, 11) is -2.56. The molecule has 49 heavy (non-hydrogen) atoms. The number of nitrogens with zero attached hydrogens (tertiary/aromatic N) is 2. The first kappa shape index (κ1) is 39.2. The van der Waals surface area contributed by atoms with Crippen LogP contribution in [0, 0.1) is 26.6 Å². The number of halogens is 1. The number of hydrogen-bond acceptors (Lipinski definition) is 10. The summed E-state index contributed by atoms with van der Waals surface area (Å²) >= 11 is 1.20. The number of sulfonamides is 1. The highest BCUT2D eigenvalue weighted by molar-refractivity contribution is 7.90. The highest BCUT2D eigenvalue weighted by Crippen LogP contribution is 2.30. The Morgan fingerprint density at radius 2 is 1.80 bits per heavy atom. The van der Waals surface area contributed by atoms with Crippen LogP contribution in [-0.2, 0) is 26.0 Å². The van der Waals surface area contributed by atoms with Crippen molar-refractivity contribution in [1.29, 1.82) is 0 Å². The summed E-state index contributed by atoms with van der Waals surface area (Å²) in [5, 5.41) is 18.6. The standard InChI is InChI=1S/C33H45FN6O7S2/c1-19-17-26(46-7)20(2)21(3)28(19)49(44,45)40-31(35)37-14-8-9-24(27(41)30-36-15-16-48-30)38-29(42)25(39-32(43)47-33(4,5)6)18-22-10-12-23(34)13-11-22/h10-13,15-17,24-25,27,41H,8-9,14,18H2,1-7H3,(H,38,42)(H,39,43)(H3,35,37,40)/t24-,25-,27?/m0/s1. The molecule has 3 rings (SSSR count). The topological polar surface area (TPSA) is 194 Å². The molecule has 0 aliphatic carbocycles. The van der Waals surface area contributed by atoms with Gasteiger partial charge in [0.05, 0.1) is 18.0 Å². The van der Waals surface area contributed by atoms with E-state index in [1.54, 1.807) is 53.0 Å². The summed E-state index contributed by atoms with van der Waals surface area (Å²) in [6, 6.07) is 5.13. The summed E-state index contributed by atoms with van der Waals surface area (Å²) in [6.45, 7) is 10.2. The monoisotopic (exact) mass is 720 g/mol. The fourth-order valence-corrected chi connectivity index (χ4v) is 7.21. The summed E-state index contributed by atoms with van der Waals surface area (Å²) in [5.41, 5.74) is 7.40. The van der Waals surface area contributed by atoms with Crippen LogP contribution >= 0.6 is 11.3 Å². The van der Waals surface area contributed by atoms with Crippen molar-refractivity contribution in [2.75, 3.05) is 13.7 Å². The Balaban J connectivity index is 1.75. The average Bonchev–Trinajstić information content (AvgIpc) is 3.54. The zero-order valence-corrected chi connectivity index (χ0v) is 30.3. The van der Waals surface area contributed by atoms with E-state index in [9.17, 15) is 27.5 Å². The smallest absolute Gasteiger partial charge is 0.408 e. The Morgan fingerprint density at radius 3 is 2.39 bits per heavy atom. The second kappa shape index (κ2) is 16.9. The Kier molecular flexibility index (Phi) is 13.5. The Hall–Kier alpha value is -4.28. The summed E-state index contributed by atoms with van der Waals surface area (Å²) in [4.78, 5) is 34.7. The minimum Gasteiger partial charge on any atom is -0.496 e. The van der Waals surface area contributed by atoms with E-state index in [1.807, 2.05) is 0 Å². The normalized spacial score (nSPS) is 14.0. The van der Waals surface area contributed by atoms with Crippen molar-refractivity contribution in [2.24, 2.45) is 10.7 Å². The lowest BCUT2D eigenvalue weighted by molar-refractivity contribution is -0.124. The molecule has 1 unspecified atom stereocenters. The number of amides is 2. The van der Waals surface area contributed by atoms with Crippen molar-refractivity contribution in [3.8, 4) is 5.75 Å². The molecular formula is C33H45FN6O7S2. The van der Waals surface area contributed by atoms with Gasteiger partial charge in [-0.2, -0.15) is 0 Å². The molecule has 16 heteroatoms. The van der Waals surface area contributed by atoms with Gasteiger partial charge in [0.2, 0.25) is 11.9 Å². The molecular weight excluding hydrogens is 676 g/mol. The fraction of sp³-hybridized carbons (Fsp3) is 0.455. The molecule has 0 spiro atoms. The molecule has 0 aliphatic heterocycles. The van der Waals surface area contributed by atoms with Crippen LogP contribution in [0.25, 0.3) is 0 Å². The third-order valence-corrected chi connectivity index (χ3v) is 9.92. The number of aromatic nitrogens is 1. The molecule has 3 aromatic rings. The summed E-state index contributed by atoms with van der Waals surface area (Å²) in [5.74, 6) is -0.824. The van der Waals surface area contributed by atoms with E-state index in [2.05, 4.69) is 25.3 Å². The van der Waals surface area contributed by atoms with Crippen LogP contribution in [0.15, 0.2) is 51.8 Å². The lowest BCUT2D eigenvalue weighted by atomic mass is 10.0. The van der Waals surface area contributed by atoms with Gasteiger partial charge in [-0.05, 0) is 94.8 Å². The minimum absolute atomic E-state index is 0.0130. The van der Waals surface area contributed by atoms with Crippen LogP contribution in [0.5, 0.6) is 5.75 Å². The van der Waals surface area contributed by atoms with Gasteiger partial charge < -0.3 is 30.9 Å². The highest BCUT2D eigenvalue weighted by Gasteiger charge is 2.30. The van der Waals surface area contributed by atoms with Gasteiger partial charge in [0.15, 0.2) is 0 Å². The Labute approximate surface area is 290 Å². The molecule has 13 nitrogen and oxygen atoms in total. The van der Waals surface area contributed by atoms with Gasteiger partial charge in [0, 0.05) is 24.5 Å². The van der Waals surface area contributed by atoms with Crippen molar-refractivity contribution in [3.63, 3.8) is 0 Å². The second-order valence-electron chi connectivity index (χ2n) is 12.4. The van der Waals surface area contributed by atoms with Crippen LogP contribution in [-0.4, -0.2) is 67.8 Å². The molecule has 2 aromatic carbocycles. The van der Waals surface area contributed by atoms with Gasteiger partial charge in [-0.3, -0.25) is 9.79 Å². The molecule has 1 aromatic heterocycles. The molecule has 0 saturated carbocycles. The van der Waals surface area contributed by atoms with Crippen molar-refractivity contribution in [3.05, 3.63) is 75.0 Å². The first-order valence-corrected chi connectivity index (χ1v) is 17.9. The first-order valence-electron chi connectivity index (χ1n) is 15.5. The van der Waals surface area contributed by atoms with Gasteiger partial charge in [-0.1, -0.05) is 12.1 Å². The zero-order valence-electron chi connectivity index (χ0n) is 28.7. The molecule has 1 heterocycles. The van der Waals surface area contributed by atoms with Crippen LogP contribution in [0.4, 0.5) is 9.18 Å². The Morgan fingerprint density at radius 1 is 1.12 bits per heavy atom. The third-order valence-electron chi connectivity index (χ3n) is 7.44. The molecule has 0 bridgehead atoms. The summed E-state index contributed by atoms with van der Waals surface area (Å²) in [6.07, 6.45) is -0.0394. The van der Waals surface area contributed by atoms with E-state index in [0.29, 0.717) is 33.0 Å². The number of hydrogen-bond donors (Lipinski definition) is 5. The molecule has 268 valence electrons. The van der Waals surface area contributed by atoms with E-state index in [4.69, 9.17) is 15.2 Å². The fourth-order valence-electron chi connectivity index (χ4n) is 5.04. The number of guanidine groups is 1. The van der Waals surface area contributed by atoms with Crippen molar-refractivity contribution >= 4 is 39.3 Å². The van der Waals surface area contributed by atoms with Gasteiger partial charge in [0.1, 0.15) is 34.3 Å². The molecule has 3 atom stereocenters. The molecule has 2 amide bonds. The number of nitrogens with two attached hydrogens (primary N) is 1. The van der Waals surface area contributed by atoms with E-state index < -0.39 is 51.6 Å². The maximum absolute atomic E-state index is 13.6. The van der Waals surface area contributed by atoms with Gasteiger partial charge in [-0.15, -0.1) is 11.3 Å². The average molecular weight is 721 g/mol. The van der Waals surface area contributed by atoms with Crippen LogP contribution < -0.4 is 25.8 Å². The molecule has 0 saturated heterocycles. The number of aliphatic hydroxyl groups excluding tert-OH is 1. The Bertz CT molecular complexity index is 1730. The van der Waals surface area contributed by atoms with Crippen molar-refractivity contribution in [1.82, 2.24) is 20.3 Å². The lowest BCUT2D eigenvalue weighted by Gasteiger charge is -2.27. The number of alkyl carbamates (subject to hydrolysis) is 1. The maximum atomic E-state index is 13.6. The van der Waals surface area contributed by atoms with Crippen LogP contribution in [0.2, 0.25) is 0 Å². The predicted molar refractivity (Wildman–Crippen MR) is 186 cm³/mol. The van der Waals surface area contributed by atoms with Crippen LogP contribution in [0.3, 0.4) is 0 Å². The number of rotatable bonds is 14. The van der Waals surface area contributed by atoms with Gasteiger partial charge in [0.25, 0.3) is 10.0 Å². The lowest BCUT2D eigenvalue weighted by Crippen LogP contribution is -2.52. The number of ether oxygens (including phenoxy) is 2. The second-order valence-corrected chi connectivity index (χ2v) is 15.0. The van der Waals surface area contributed by atoms with Gasteiger partial charge >= 0.3 is 6.09 Å². The quantitative estimate of drug-likeness (QED) is 0.0932. The summed E-state index contributed by atoms with van der Waals surface area (Å²) < 4.78 is 53.0. The number of aliphatic hydroxyl groups is 1. The van der Waals surface area contributed by atoms with E-state index in [1.165, 1.54) is 48.9 Å². The number of aryl methyl sites for hydroxylation is 1. The maximum Gasteiger partial charge on any atom is 0.408 e. The SMILES string of the molecule is COc1cc(C)c(S(=O)(=O)NC(N)=NCCC[C@H](NC(=O)[C@H](Cc2ccc(F)cc2)NC(=O)OC(C)(C)C)C(O)c2nccs2)c(C)c1C. The minimum atomic E-state index is -4.07. The number of carbonyl (C=O) groups is 2. The number of thiazole rings is 1. The number of benzene rings is 2. The molecule has 6 N–H and O–H groups in total. The van der Waals surface area contributed by atoms with Crippen LogP contribution in [0.1, 0.15) is 67.0 Å². The third kappa shape index (κ3) is 11.4. The zero-order chi connectivity index (χ0) is 36.5. The molecule has 0 radical (unpaired) electrons. The van der Waals surface area contributed by atoms with Crippen molar-refractivity contribution in [2.45, 2.75) is 89.5 Å². The molecule has 0 aliphatic rings. The van der Waals surface area contributed by atoms with E-state index >= 15 is 0 Å². The largest absolute Gasteiger partial charge is 0.496 e. The van der Waals surface area contributed by atoms with Gasteiger partial charge in [-0.25, -0.2) is 27.3 Å². The van der Waals surface area contributed by atoms with E-state index in [-0.39, 0.29) is 36.7 Å². The highest BCUT2D eigenvalue weighted by atomic mass is 32.2. The number of carbonyl (C=O) groups excluding carboxylic acids is 2. The number of methoxy groups -OCH3 is 1. The molecule has 0 fully saturated rings.